The van der Waals surface area contributed by atoms with Crippen molar-refractivity contribution in [2.45, 2.75) is 0 Å². The molecule has 0 fully saturated rings. The molecule has 0 saturated heterocycles. The quantitative estimate of drug-likeness (QED) is 0.511. The Hall–Kier alpha value is -2.05. The van der Waals surface area contributed by atoms with Gasteiger partial charge in [-0.1, -0.05) is 29.5 Å². The first-order valence-electron chi connectivity index (χ1n) is 6.50. The van der Waals surface area contributed by atoms with Gasteiger partial charge < -0.3 is 0 Å². The van der Waals surface area contributed by atoms with Gasteiger partial charge in [0.1, 0.15) is 5.82 Å². The first-order valence-corrected chi connectivity index (χ1v) is 8.11. The third-order valence-corrected chi connectivity index (χ3v) is 4.96. The molecule has 22 heavy (non-hydrogen) atoms. The number of nitrogens with zero attached hydrogens (tertiary/aromatic N) is 2. The van der Waals surface area contributed by atoms with Gasteiger partial charge in [0.2, 0.25) is 0 Å². The Morgan fingerprint density at radius 3 is 2.86 bits per heavy atom. The minimum Gasteiger partial charge on any atom is -0.267 e. The fourth-order valence-corrected chi connectivity index (χ4v) is 3.75. The van der Waals surface area contributed by atoms with E-state index in [4.69, 9.17) is 0 Å². The lowest BCUT2D eigenvalue weighted by Gasteiger charge is -1.95. The summed E-state index contributed by atoms with van der Waals surface area (Å²) in [7, 11) is 0. The normalized spacial score (nSPS) is 12.5. The summed E-state index contributed by atoms with van der Waals surface area (Å²) in [6, 6.07) is 12.2. The van der Waals surface area contributed by atoms with Crippen LogP contribution in [0.3, 0.4) is 0 Å². The third kappa shape index (κ3) is 2.07. The molecule has 6 heteroatoms. The van der Waals surface area contributed by atoms with E-state index in [1.165, 1.54) is 17.4 Å². The summed E-state index contributed by atoms with van der Waals surface area (Å²) < 4.78 is 15.8. The fraction of sp³-hybridized carbons (Fsp3) is 0. The second-order valence-electron chi connectivity index (χ2n) is 4.81. The molecule has 108 valence electrons. The van der Waals surface area contributed by atoms with Crippen molar-refractivity contribution in [1.29, 1.82) is 0 Å². The van der Waals surface area contributed by atoms with E-state index in [0.29, 0.717) is 14.0 Å². The maximum Gasteiger partial charge on any atom is 0.274 e. The number of aromatic nitrogens is 2. The minimum absolute atomic E-state index is 0.103. The van der Waals surface area contributed by atoms with Gasteiger partial charge in [0.05, 0.1) is 20.0 Å². The molecule has 4 aromatic rings. The first-order chi connectivity index (χ1) is 10.6. The van der Waals surface area contributed by atoms with Crippen LogP contribution in [0.1, 0.15) is 5.56 Å². The average Bonchev–Trinajstić information content (AvgIpc) is 3.00. The molecule has 0 unspecified atom stereocenters. The standard InChI is InChI=1S/C16H8BrFN2OS/c17-10-7-9(5-6-11(10)18)8-14-15(21)20-13-4-2-1-3-12(13)19-16(20)22-14/h1-8H/b14-8-. The van der Waals surface area contributed by atoms with Crippen LogP contribution < -0.4 is 10.1 Å². The van der Waals surface area contributed by atoms with Gasteiger partial charge >= 0.3 is 0 Å². The van der Waals surface area contributed by atoms with Crippen molar-refractivity contribution in [2.75, 3.05) is 0 Å². The molecule has 0 aliphatic heterocycles. The topological polar surface area (TPSA) is 34.4 Å². The predicted molar refractivity (Wildman–Crippen MR) is 89.7 cm³/mol. The largest absolute Gasteiger partial charge is 0.274 e. The highest BCUT2D eigenvalue weighted by atomic mass is 79.9. The lowest BCUT2D eigenvalue weighted by Crippen LogP contribution is -2.22. The van der Waals surface area contributed by atoms with Crippen molar-refractivity contribution >= 4 is 49.3 Å². The van der Waals surface area contributed by atoms with Crippen molar-refractivity contribution in [3.8, 4) is 0 Å². The van der Waals surface area contributed by atoms with Crippen LogP contribution in [-0.2, 0) is 0 Å². The molecule has 3 nitrogen and oxygen atoms in total. The molecular weight excluding hydrogens is 367 g/mol. The van der Waals surface area contributed by atoms with Crippen LogP contribution in [-0.4, -0.2) is 9.38 Å². The zero-order chi connectivity index (χ0) is 15.3. The van der Waals surface area contributed by atoms with Crippen LogP contribution in [0.5, 0.6) is 0 Å². The van der Waals surface area contributed by atoms with E-state index in [1.807, 2.05) is 24.3 Å². The molecule has 0 aliphatic rings. The summed E-state index contributed by atoms with van der Waals surface area (Å²) in [6.07, 6.45) is 1.75. The molecule has 0 spiro atoms. The number of benzene rings is 2. The Balaban J connectivity index is 1.99. The van der Waals surface area contributed by atoms with Crippen molar-refractivity contribution in [3.63, 3.8) is 0 Å². The SMILES string of the molecule is O=c1/c(=C/c2ccc(F)c(Br)c2)sc2nc3ccccc3n12. The van der Waals surface area contributed by atoms with Crippen molar-refractivity contribution in [1.82, 2.24) is 9.38 Å². The molecule has 0 aliphatic carbocycles. The molecule has 2 aromatic heterocycles. The highest BCUT2D eigenvalue weighted by Crippen LogP contribution is 2.18. The van der Waals surface area contributed by atoms with Gasteiger partial charge in [-0.15, -0.1) is 0 Å². The summed E-state index contributed by atoms with van der Waals surface area (Å²) in [5.74, 6) is -0.327. The second kappa shape index (κ2) is 5.00. The van der Waals surface area contributed by atoms with Gasteiger partial charge in [-0.05, 0) is 51.8 Å². The Labute approximate surface area is 136 Å². The lowest BCUT2D eigenvalue weighted by atomic mass is 10.2. The monoisotopic (exact) mass is 374 g/mol. The molecule has 0 N–H and O–H groups in total. The number of fused-ring (bicyclic) bond motifs is 3. The summed E-state index contributed by atoms with van der Waals surface area (Å²) in [6.45, 7) is 0. The molecule has 2 aromatic carbocycles. The van der Waals surface area contributed by atoms with E-state index in [9.17, 15) is 9.18 Å². The Kier molecular flexibility index (Phi) is 3.09. The van der Waals surface area contributed by atoms with E-state index >= 15 is 0 Å². The minimum atomic E-state index is -0.327. The zero-order valence-electron chi connectivity index (χ0n) is 11.1. The van der Waals surface area contributed by atoms with Crippen LogP contribution in [0.25, 0.3) is 22.1 Å². The van der Waals surface area contributed by atoms with Crippen molar-refractivity contribution < 1.29 is 4.39 Å². The predicted octanol–water partition coefficient (Wildman–Crippen LogP) is 3.36. The summed E-state index contributed by atoms with van der Waals surface area (Å²) in [4.78, 5) is 17.7. The summed E-state index contributed by atoms with van der Waals surface area (Å²) in [5.41, 5.74) is 2.27. The smallest absolute Gasteiger partial charge is 0.267 e. The average molecular weight is 375 g/mol. The highest BCUT2D eigenvalue weighted by Gasteiger charge is 2.10. The lowest BCUT2D eigenvalue weighted by molar-refractivity contribution is 0.621. The van der Waals surface area contributed by atoms with Gasteiger partial charge in [0.25, 0.3) is 5.56 Å². The number of imidazole rings is 1. The maximum absolute atomic E-state index is 13.3. The number of rotatable bonds is 1. The van der Waals surface area contributed by atoms with E-state index in [0.717, 1.165) is 16.6 Å². The Morgan fingerprint density at radius 2 is 2.05 bits per heavy atom. The van der Waals surface area contributed by atoms with Crippen LogP contribution >= 0.6 is 27.3 Å². The summed E-state index contributed by atoms with van der Waals surface area (Å²) in [5, 5.41) is 0. The molecule has 0 saturated carbocycles. The Morgan fingerprint density at radius 1 is 1.23 bits per heavy atom. The van der Waals surface area contributed by atoms with E-state index in [2.05, 4.69) is 20.9 Å². The van der Waals surface area contributed by atoms with Gasteiger partial charge in [-0.2, -0.15) is 0 Å². The maximum atomic E-state index is 13.3. The number of hydrogen-bond acceptors (Lipinski definition) is 3. The van der Waals surface area contributed by atoms with E-state index < -0.39 is 0 Å². The van der Waals surface area contributed by atoms with Crippen LogP contribution in [0.2, 0.25) is 0 Å². The molecule has 0 amide bonds. The highest BCUT2D eigenvalue weighted by molar-refractivity contribution is 9.10. The second-order valence-corrected chi connectivity index (χ2v) is 6.67. The number of para-hydroxylation sites is 2. The van der Waals surface area contributed by atoms with Gasteiger partial charge in [-0.3, -0.25) is 4.79 Å². The van der Waals surface area contributed by atoms with Crippen LogP contribution in [0.4, 0.5) is 4.39 Å². The van der Waals surface area contributed by atoms with E-state index in [1.54, 1.807) is 22.6 Å². The fourth-order valence-electron chi connectivity index (χ4n) is 2.37. The van der Waals surface area contributed by atoms with Gasteiger partial charge in [-0.25, -0.2) is 13.8 Å². The number of thiazole rings is 1. The van der Waals surface area contributed by atoms with Crippen LogP contribution in [0, 0.1) is 5.82 Å². The van der Waals surface area contributed by atoms with Gasteiger partial charge in [0.15, 0.2) is 4.96 Å². The molecular formula is C16H8BrFN2OS. The third-order valence-electron chi connectivity index (χ3n) is 3.39. The zero-order valence-corrected chi connectivity index (χ0v) is 13.5. The molecule has 2 heterocycles. The summed E-state index contributed by atoms with van der Waals surface area (Å²) >= 11 is 4.48. The molecule has 0 radical (unpaired) electrons. The molecule has 0 atom stereocenters. The first kappa shape index (κ1) is 13.6. The molecule has 4 rings (SSSR count). The van der Waals surface area contributed by atoms with Crippen LogP contribution in [0.15, 0.2) is 51.7 Å². The van der Waals surface area contributed by atoms with E-state index in [-0.39, 0.29) is 11.4 Å². The van der Waals surface area contributed by atoms with Crippen molar-refractivity contribution in [2.24, 2.45) is 0 Å². The number of halogens is 2. The van der Waals surface area contributed by atoms with Crippen molar-refractivity contribution in [3.05, 3.63) is 73.2 Å². The van der Waals surface area contributed by atoms with Gasteiger partial charge in [0, 0.05) is 0 Å². The Bertz CT molecular complexity index is 1130. The molecule has 0 bridgehead atoms. The number of hydrogen-bond donors (Lipinski definition) is 0.